The highest BCUT2D eigenvalue weighted by Crippen LogP contribution is 2.30. The molecule has 30 heavy (non-hydrogen) atoms. The Hall–Kier alpha value is -3.78. The number of carbonyl (C=O) groups excluding carboxylic acids is 1. The van der Waals surface area contributed by atoms with Gasteiger partial charge >= 0.3 is 5.69 Å². The van der Waals surface area contributed by atoms with Gasteiger partial charge < -0.3 is 15.4 Å². The Bertz CT molecular complexity index is 1020. The number of hydrogen-bond acceptors (Lipinski definition) is 5. The van der Waals surface area contributed by atoms with Crippen molar-refractivity contribution in [1.82, 2.24) is 5.32 Å². The maximum absolute atomic E-state index is 13.1. The zero-order valence-electron chi connectivity index (χ0n) is 16.1. The van der Waals surface area contributed by atoms with E-state index in [0.29, 0.717) is 5.69 Å². The summed E-state index contributed by atoms with van der Waals surface area (Å²) in [5.41, 5.74) is 1.81. The third-order valence-electron chi connectivity index (χ3n) is 4.40. The number of methoxy groups -OCH3 is 1. The molecule has 0 aliphatic carbocycles. The minimum absolute atomic E-state index is 0.0383. The summed E-state index contributed by atoms with van der Waals surface area (Å²) < 4.78 is 4.99. The molecule has 0 unspecified atom stereocenters. The second-order valence-corrected chi connectivity index (χ2v) is 6.75. The Balaban J connectivity index is 1.79. The van der Waals surface area contributed by atoms with Crippen LogP contribution in [0.2, 0.25) is 0 Å². The summed E-state index contributed by atoms with van der Waals surface area (Å²) in [6, 6.07) is 23.1. The molecule has 0 saturated heterocycles. The van der Waals surface area contributed by atoms with Gasteiger partial charge in [-0.25, -0.2) is 0 Å². The first-order valence-corrected chi connectivity index (χ1v) is 9.44. The van der Waals surface area contributed by atoms with E-state index < -0.39 is 10.8 Å². The maximum atomic E-state index is 13.1. The molecule has 8 heteroatoms. The largest absolute Gasteiger partial charge is 0.490 e. The maximum Gasteiger partial charge on any atom is 0.312 e. The molecule has 0 fully saturated rings. The predicted molar refractivity (Wildman–Crippen MR) is 119 cm³/mol. The molecular weight excluding hydrogens is 402 g/mol. The van der Waals surface area contributed by atoms with Gasteiger partial charge in [0.05, 0.1) is 18.0 Å². The summed E-state index contributed by atoms with van der Waals surface area (Å²) in [5, 5.41) is 16.7. The summed E-state index contributed by atoms with van der Waals surface area (Å²) in [5.74, 6) is -0.737. The number of benzene rings is 3. The molecule has 7 nitrogen and oxygen atoms in total. The van der Waals surface area contributed by atoms with E-state index in [2.05, 4.69) is 10.6 Å². The standard InChI is InChI=1S/C22H19N3O4S/c1-29-19-13-12-17(14-18(19)25(27)28)23-22(30)24-21(26)20(15-8-4-2-5-9-15)16-10-6-3-7-11-16/h2-14,20H,1H3,(H2,23,24,26,30). The Morgan fingerprint density at radius 3 is 2.07 bits per heavy atom. The van der Waals surface area contributed by atoms with Gasteiger partial charge in [0.1, 0.15) is 0 Å². The van der Waals surface area contributed by atoms with Crippen molar-refractivity contribution in [3.8, 4) is 5.75 Å². The number of hydrogen-bond donors (Lipinski definition) is 2. The van der Waals surface area contributed by atoms with E-state index in [4.69, 9.17) is 17.0 Å². The predicted octanol–water partition coefficient (Wildman–Crippen LogP) is 4.25. The molecule has 0 saturated carbocycles. The Morgan fingerprint density at radius 2 is 1.57 bits per heavy atom. The fourth-order valence-electron chi connectivity index (χ4n) is 3.04. The lowest BCUT2D eigenvalue weighted by molar-refractivity contribution is -0.385. The summed E-state index contributed by atoms with van der Waals surface area (Å²) in [7, 11) is 1.35. The van der Waals surface area contributed by atoms with Crippen molar-refractivity contribution < 1.29 is 14.5 Å². The van der Waals surface area contributed by atoms with Crippen LogP contribution in [0.1, 0.15) is 17.0 Å². The minimum atomic E-state index is -0.558. The zero-order chi connectivity index (χ0) is 21.5. The van der Waals surface area contributed by atoms with Crippen LogP contribution in [0.5, 0.6) is 5.75 Å². The molecule has 0 heterocycles. The Kier molecular flexibility index (Phi) is 6.71. The first-order valence-electron chi connectivity index (χ1n) is 9.03. The third-order valence-corrected chi connectivity index (χ3v) is 4.60. The Morgan fingerprint density at radius 1 is 1.00 bits per heavy atom. The normalized spacial score (nSPS) is 10.3. The van der Waals surface area contributed by atoms with Crippen LogP contribution in [0.4, 0.5) is 11.4 Å². The van der Waals surface area contributed by atoms with E-state index in [0.717, 1.165) is 11.1 Å². The lowest BCUT2D eigenvalue weighted by atomic mass is 9.90. The number of nitrogens with one attached hydrogen (secondary N) is 2. The van der Waals surface area contributed by atoms with Gasteiger partial charge in [0.25, 0.3) is 0 Å². The van der Waals surface area contributed by atoms with Crippen molar-refractivity contribution in [2.75, 3.05) is 12.4 Å². The van der Waals surface area contributed by atoms with Crippen molar-refractivity contribution in [2.45, 2.75) is 5.92 Å². The highest BCUT2D eigenvalue weighted by molar-refractivity contribution is 7.80. The average molecular weight is 421 g/mol. The quantitative estimate of drug-likeness (QED) is 0.351. The molecule has 0 spiro atoms. The second kappa shape index (κ2) is 9.62. The summed E-state index contributed by atoms with van der Waals surface area (Å²) >= 11 is 5.26. The van der Waals surface area contributed by atoms with Gasteiger partial charge in [-0.3, -0.25) is 14.9 Å². The number of ether oxygens (including phenoxy) is 1. The van der Waals surface area contributed by atoms with E-state index >= 15 is 0 Å². The van der Waals surface area contributed by atoms with Gasteiger partial charge in [-0.2, -0.15) is 0 Å². The van der Waals surface area contributed by atoms with Gasteiger partial charge in [-0.1, -0.05) is 60.7 Å². The number of carbonyl (C=O) groups is 1. The van der Waals surface area contributed by atoms with Gasteiger partial charge in [0, 0.05) is 11.8 Å². The van der Waals surface area contributed by atoms with Crippen LogP contribution < -0.4 is 15.4 Å². The molecule has 0 radical (unpaired) electrons. The monoisotopic (exact) mass is 421 g/mol. The van der Waals surface area contributed by atoms with Gasteiger partial charge in [-0.15, -0.1) is 0 Å². The van der Waals surface area contributed by atoms with E-state index in [-0.39, 0.29) is 22.5 Å². The molecule has 3 rings (SSSR count). The van der Waals surface area contributed by atoms with Crippen molar-refractivity contribution in [1.29, 1.82) is 0 Å². The molecule has 0 aliphatic heterocycles. The summed E-state index contributed by atoms with van der Waals surface area (Å²) in [6.07, 6.45) is 0. The number of rotatable bonds is 6. The van der Waals surface area contributed by atoms with Crippen molar-refractivity contribution in [2.24, 2.45) is 0 Å². The highest BCUT2D eigenvalue weighted by Gasteiger charge is 2.23. The molecule has 0 aliphatic rings. The van der Waals surface area contributed by atoms with E-state index in [1.165, 1.54) is 19.2 Å². The van der Waals surface area contributed by atoms with Crippen LogP contribution in [0.25, 0.3) is 0 Å². The van der Waals surface area contributed by atoms with E-state index in [1.807, 2.05) is 60.7 Å². The van der Waals surface area contributed by atoms with Gasteiger partial charge in [0.2, 0.25) is 5.91 Å². The topological polar surface area (TPSA) is 93.5 Å². The third kappa shape index (κ3) is 4.98. The van der Waals surface area contributed by atoms with Crippen LogP contribution in [-0.2, 0) is 4.79 Å². The van der Waals surface area contributed by atoms with Crippen LogP contribution in [0, 0.1) is 10.1 Å². The smallest absolute Gasteiger partial charge is 0.312 e. The van der Waals surface area contributed by atoms with E-state index in [1.54, 1.807) is 6.07 Å². The lowest BCUT2D eigenvalue weighted by Crippen LogP contribution is -2.37. The molecule has 3 aromatic carbocycles. The summed E-state index contributed by atoms with van der Waals surface area (Å²) in [6.45, 7) is 0. The first kappa shape index (κ1) is 20.9. The number of nitro groups is 1. The fourth-order valence-corrected chi connectivity index (χ4v) is 3.26. The van der Waals surface area contributed by atoms with Crippen LogP contribution in [0.3, 0.4) is 0 Å². The molecule has 2 N–H and O–H groups in total. The van der Waals surface area contributed by atoms with Gasteiger partial charge in [0.15, 0.2) is 10.9 Å². The number of amides is 1. The van der Waals surface area contributed by atoms with Gasteiger partial charge in [-0.05, 0) is 35.5 Å². The molecule has 3 aromatic rings. The number of nitrogens with zero attached hydrogens (tertiary/aromatic N) is 1. The molecule has 1 amide bonds. The van der Waals surface area contributed by atoms with Crippen LogP contribution in [-0.4, -0.2) is 23.1 Å². The van der Waals surface area contributed by atoms with Crippen LogP contribution >= 0.6 is 12.2 Å². The second-order valence-electron chi connectivity index (χ2n) is 6.34. The minimum Gasteiger partial charge on any atom is -0.490 e. The number of thiocarbonyl (C=S) groups is 1. The van der Waals surface area contributed by atoms with Crippen molar-refractivity contribution in [3.05, 3.63) is 100 Å². The Labute approximate surface area is 178 Å². The number of nitro benzene ring substituents is 1. The highest BCUT2D eigenvalue weighted by atomic mass is 32.1. The average Bonchev–Trinajstić information content (AvgIpc) is 2.75. The first-order chi connectivity index (χ1) is 14.5. The van der Waals surface area contributed by atoms with E-state index in [9.17, 15) is 14.9 Å². The fraction of sp³-hybridized carbons (Fsp3) is 0.0909. The van der Waals surface area contributed by atoms with Crippen molar-refractivity contribution >= 4 is 34.6 Å². The molecule has 0 atom stereocenters. The molecule has 152 valence electrons. The molecule has 0 bridgehead atoms. The SMILES string of the molecule is COc1ccc(NC(=S)NC(=O)C(c2ccccc2)c2ccccc2)cc1[N+](=O)[O-]. The molecular formula is C22H19N3O4S. The van der Waals surface area contributed by atoms with Crippen molar-refractivity contribution in [3.63, 3.8) is 0 Å². The summed E-state index contributed by atoms with van der Waals surface area (Å²) in [4.78, 5) is 23.7. The van der Waals surface area contributed by atoms with Crippen LogP contribution in [0.15, 0.2) is 78.9 Å². The lowest BCUT2D eigenvalue weighted by Gasteiger charge is -2.18. The zero-order valence-corrected chi connectivity index (χ0v) is 16.9. The molecule has 0 aromatic heterocycles. The number of anilines is 1.